The third kappa shape index (κ3) is 1.13. The molecule has 0 bridgehead atoms. The van der Waals surface area contributed by atoms with Gasteiger partial charge in [-0.05, 0) is 17.7 Å². The van der Waals surface area contributed by atoms with Crippen LogP contribution < -0.4 is 0 Å². The van der Waals surface area contributed by atoms with Crippen LogP contribution in [0.15, 0.2) is 24.3 Å². The van der Waals surface area contributed by atoms with Crippen LogP contribution in [0.5, 0.6) is 0 Å². The highest BCUT2D eigenvalue weighted by Gasteiger charge is 2.85. The zero-order valence-electron chi connectivity index (χ0n) is 6.78. The van der Waals surface area contributed by atoms with Gasteiger partial charge in [-0.25, -0.2) is 0 Å². The summed E-state index contributed by atoms with van der Waals surface area (Å²) in [4.78, 5) is 0. The second kappa shape index (κ2) is 2.63. The second-order valence-corrected chi connectivity index (χ2v) is 3.67. The summed E-state index contributed by atoms with van der Waals surface area (Å²) in [7, 11) is 0. The van der Waals surface area contributed by atoms with Gasteiger partial charge in [-0.15, -0.1) is 0 Å². The lowest BCUT2D eigenvalue weighted by Gasteiger charge is -1.97. The summed E-state index contributed by atoms with van der Waals surface area (Å²) in [6.07, 6.45) is 0. The number of benzene rings is 1. The Morgan fingerprint density at radius 2 is 1.64 bits per heavy atom. The molecule has 1 aliphatic carbocycles. The predicted octanol–water partition coefficient (Wildman–Crippen LogP) is 3.71. The standard InChI is InChI=1S/C9H5ClF4/c10-6-3-1-2-5(4-6)7-8(11,12)9(7,13)14/h1-4,7H. The Morgan fingerprint density at radius 1 is 1.07 bits per heavy atom. The summed E-state index contributed by atoms with van der Waals surface area (Å²) in [5.74, 6) is -9.89. The predicted molar refractivity (Wildman–Crippen MR) is 44.1 cm³/mol. The largest absolute Gasteiger partial charge is 0.323 e. The molecule has 0 nitrogen and oxygen atoms in total. The molecule has 14 heavy (non-hydrogen) atoms. The molecule has 0 N–H and O–H groups in total. The molecular weight excluding hydrogens is 220 g/mol. The van der Waals surface area contributed by atoms with Gasteiger partial charge >= 0.3 is 11.8 Å². The molecule has 1 aliphatic rings. The first kappa shape index (κ1) is 9.77. The Labute approximate surface area is 82.5 Å². The minimum atomic E-state index is -3.93. The van der Waals surface area contributed by atoms with Crippen LogP contribution in [0.2, 0.25) is 5.02 Å². The van der Waals surface area contributed by atoms with E-state index < -0.39 is 17.8 Å². The molecule has 0 aromatic heterocycles. The third-order valence-electron chi connectivity index (χ3n) is 2.27. The average molecular weight is 225 g/mol. The minimum absolute atomic E-state index is 0.118. The van der Waals surface area contributed by atoms with Crippen molar-refractivity contribution < 1.29 is 17.6 Å². The van der Waals surface area contributed by atoms with Crippen molar-refractivity contribution >= 4 is 11.6 Å². The van der Waals surface area contributed by atoms with Gasteiger partial charge in [-0.1, -0.05) is 23.7 Å². The normalized spacial score (nSPS) is 23.5. The monoisotopic (exact) mass is 224 g/mol. The fraction of sp³-hybridized carbons (Fsp3) is 0.333. The van der Waals surface area contributed by atoms with Gasteiger partial charge in [0.1, 0.15) is 5.92 Å². The van der Waals surface area contributed by atoms with Crippen LogP contribution >= 0.6 is 11.6 Å². The molecule has 1 aromatic rings. The van der Waals surface area contributed by atoms with Crippen molar-refractivity contribution in [1.82, 2.24) is 0 Å². The van der Waals surface area contributed by atoms with Crippen molar-refractivity contribution in [2.45, 2.75) is 17.8 Å². The summed E-state index contributed by atoms with van der Waals surface area (Å²) < 4.78 is 50.4. The van der Waals surface area contributed by atoms with Gasteiger partial charge in [0, 0.05) is 5.02 Å². The van der Waals surface area contributed by atoms with Crippen molar-refractivity contribution in [2.75, 3.05) is 0 Å². The number of rotatable bonds is 1. The molecular formula is C9H5ClF4. The summed E-state index contributed by atoms with van der Waals surface area (Å²) in [5, 5.41) is 0.181. The van der Waals surface area contributed by atoms with Crippen molar-refractivity contribution in [3.8, 4) is 0 Å². The smallest absolute Gasteiger partial charge is 0.199 e. The maximum absolute atomic E-state index is 12.6. The number of halogens is 5. The Hall–Kier alpha value is -0.770. The maximum atomic E-state index is 12.6. The van der Waals surface area contributed by atoms with E-state index in [2.05, 4.69) is 0 Å². The molecule has 0 aliphatic heterocycles. The maximum Gasteiger partial charge on any atom is 0.323 e. The first-order chi connectivity index (χ1) is 6.37. The quantitative estimate of drug-likeness (QED) is 0.638. The second-order valence-electron chi connectivity index (χ2n) is 3.23. The SMILES string of the molecule is FC1(F)C(c2cccc(Cl)c2)C1(F)F. The molecule has 0 amide bonds. The Balaban J connectivity index is 2.36. The lowest BCUT2D eigenvalue weighted by molar-refractivity contribution is -0.0278. The van der Waals surface area contributed by atoms with Gasteiger partial charge in [0.2, 0.25) is 0 Å². The van der Waals surface area contributed by atoms with Gasteiger partial charge in [-0.3, -0.25) is 0 Å². The van der Waals surface area contributed by atoms with Crippen LogP contribution in [0.3, 0.4) is 0 Å². The van der Waals surface area contributed by atoms with Crippen LogP contribution in [-0.2, 0) is 0 Å². The molecule has 1 fully saturated rings. The van der Waals surface area contributed by atoms with E-state index in [4.69, 9.17) is 11.6 Å². The van der Waals surface area contributed by atoms with Gasteiger partial charge < -0.3 is 0 Å². The van der Waals surface area contributed by atoms with Crippen LogP contribution in [0, 0.1) is 0 Å². The molecule has 0 spiro atoms. The molecule has 5 heteroatoms. The molecule has 0 radical (unpaired) electrons. The molecule has 1 aromatic carbocycles. The lowest BCUT2D eigenvalue weighted by Crippen LogP contribution is -2.02. The van der Waals surface area contributed by atoms with E-state index in [0.29, 0.717) is 0 Å². The van der Waals surface area contributed by atoms with Crippen LogP contribution in [0.25, 0.3) is 0 Å². The molecule has 2 rings (SSSR count). The summed E-state index contributed by atoms with van der Waals surface area (Å²) in [5.41, 5.74) is -0.118. The van der Waals surface area contributed by atoms with Crippen LogP contribution in [0.4, 0.5) is 17.6 Å². The van der Waals surface area contributed by atoms with Crippen LogP contribution in [-0.4, -0.2) is 11.8 Å². The molecule has 0 atom stereocenters. The fourth-order valence-corrected chi connectivity index (χ4v) is 1.65. The molecule has 0 unspecified atom stereocenters. The molecule has 0 heterocycles. The lowest BCUT2D eigenvalue weighted by atomic mass is 10.1. The van der Waals surface area contributed by atoms with Gasteiger partial charge in [0.25, 0.3) is 0 Å². The highest BCUT2D eigenvalue weighted by molar-refractivity contribution is 6.30. The zero-order chi connectivity index (χ0) is 10.6. The Bertz CT molecular complexity index is 361. The molecule has 76 valence electrons. The van der Waals surface area contributed by atoms with Gasteiger partial charge in [0.05, 0.1) is 0 Å². The van der Waals surface area contributed by atoms with E-state index in [1.807, 2.05) is 0 Å². The van der Waals surface area contributed by atoms with Gasteiger partial charge in [-0.2, -0.15) is 17.6 Å². The summed E-state index contributed by atoms with van der Waals surface area (Å²) in [6, 6.07) is 5.19. The molecule has 0 saturated heterocycles. The Morgan fingerprint density at radius 3 is 2.07 bits per heavy atom. The number of hydrogen-bond donors (Lipinski definition) is 0. The topological polar surface area (TPSA) is 0 Å². The van der Waals surface area contributed by atoms with E-state index in [0.717, 1.165) is 6.07 Å². The summed E-state index contributed by atoms with van der Waals surface area (Å²) in [6.45, 7) is 0. The van der Waals surface area contributed by atoms with Crippen molar-refractivity contribution in [2.24, 2.45) is 0 Å². The number of hydrogen-bond acceptors (Lipinski definition) is 0. The molecule has 1 saturated carbocycles. The van der Waals surface area contributed by atoms with E-state index in [1.165, 1.54) is 18.2 Å². The number of alkyl halides is 4. The highest BCUT2D eigenvalue weighted by atomic mass is 35.5. The van der Waals surface area contributed by atoms with Crippen molar-refractivity contribution in [3.63, 3.8) is 0 Å². The fourth-order valence-electron chi connectivity index (χ4n) is 1.45. The first-order valence-electron chi connectivity index (χ1n) is 3.88. The minimum Gasteiger partial charge on any atom is -0.199 e. The Kier molecular flexibility index (Phi) is 1.83. The van der Waals surface area contributed by atoms with E-state index in [-0.39, 0.29) is 10.6 Å². The third-order valence-corrected chi connectivity index (χ3v) is 2.50. The average Bonchev–Trinajstić information content (AvgIpc) is 2.42. The van der Waals surface area contributed by atoms with Crippen molar-refractivity contribution in [1.29, 1.82) is 0 Å². The van der Waals surface area contributed by atoms with Crippen LogP contribution in [0.1, 0.15) is 11.5 Å². The van der Waals surface area contributed by atoms with Gasteiger partial charge in [0.15, 0.2) is 0 Å². The zero-order valence-corrected chi connectivity index (χ0v) is 7.53. The summed E-state index contributed by atoms with van der Waals surface area (Å²) >= 11 is 5.51. The first-order valence-corrected chi connectivity index (χ1v) is 4.26. The van der Waals surface area contributed by atoms with E-state index in [1.54, 1.807) is 0 Å². The van der Waals surface area contributed by atoms with E-state index >= 15 is 0 Å². The van der Waals surface area contributed by atoms with E-state index in [9.17, 15) is 17.6 Å². The highest BCUT2D eigenvalue weighted by Crippen LogP contribution is 2.68. The van der Waals surface area contributed by atoms with Crippen molar-refractivity contribution in [3.05, 3.63) is 34.9 Å².